The van der Waals surface area contributed by atoms with E-state index < -0.39 is 9.84 Å². The quantitative estimate of drug-likeness (QED) is 0.304. The minimum Gasteiger partial charge on any atom is -0.325 e. The Kier molecular flexibility index (Phi) is 7.64. The topological polar surface area (TPSA) is 107 Å². The largest absolute Gasteiger partial charge is 0.325 e. The molecule has 1 heterocycles. The number of nitriles is 1. The Balaban J connectivity index is 1.68. The van der Waals surface area contributed by atoms with Crippen molar-refractivity contribution in [3.8, 4) is 6.19 Å². The van der Waals surface area contributed by atoms with Gasteiger partial charge in [0.15, 0.2) is 16.0 Å². The number of aliphatic imine (C=N–C) groups is 1. The molecular formula is C23H29N5O2S. The van der Waals surface area contributed by atoms with Crippen LogP contribution in [0.25, 0.3) is 0 Å². The van der Waals surface area contributed by atoms with Crippen LogP contribution >= 0.6 is 0 Å². The molecule has 1 aliphatic carbocycles. The Morgan fingerprint density at radius 1 is 1.19 bits per heavy atom. The standard InChI is InChI=1S/C23H29N5O2S/c1-17(2)19-4-3-5-22(14-19)31(29,30)21-8-6-18(7-9-21)15-26-23(27-16-24)28-20-10-12-25-13-11-20/h6-13,17,19,22H,3-5,14-15H2,1-2H3,(H2,25,26,27,28). The van der Waals surface area contributed by atoms with Crippen LogP contribution in [-0.2, 0) is 16.4 Å². The molecule has 1 fully saturated rings. The Hall–Kier alpha value is -2.92. The summed E-state index contributed by atoms with van der Waals surface area (Å²) >= 11 is 0. The van der Waals surface area contributed by atoms with Crippen LogP contribution in [0.3, 0.4) is 0 Å². The normalized spacial score (nSPS) is 19.6. The number of nitrogens with zero attached hydrogens (tertiary/aromatic N) is 3. The molecule has 0 aliphatic heterocycles. The summed E-state index contributed by atoms with van der Waals surface area (Å²) in [6.45, 7) is 4.66. The number of sulfone groups is 1. The van der Waals surface area contributed by atoms with E-state index in [0.29, 0.717) is 29.2 Å². The summed E-state index contributed by atoms with van der Waals surface area (Å²) in [4.78, 5) is 8.72. The number of hydrogen-bond acceptors (Lipinski definition) is 5. The molecule has 0 amide bonds. The molecule has 0 radical (unpaired) electrons. The fraction of sp³-hybridized carbons (Fsp3) is 0.435. The smallest absolute Gasteiger partial charge is 0.209 e. The monoisotopic (exact) mass is 439 g/mol. The van der Waals surface area contributed by atoms with Crippen molar-refractivity contribution < 1.29 is 8.42 Å². The molecule has 31 heavy (non-hydrogen) atoms. The summed E-state index contributed by atoms with van der Waals surface area (Å²) in [5.74, 6) is 1.30. The van der Waals surface area contributed by atoms with Gasteiger partial charge in [0.25, 0.3) is 0 Å². The lowest BCUT2D eigenvalue weighted by Gasteiger charge is -2.31. The molecular weight excluding hydrogens is 410 g/mol. The second-order valence-corrected chi connectivity index (χ2v) is 10.5. The zero-order valence-corrected chi connectivity index (χ0v) is 18.8. The van der Waals surface area contributed by atoms with Gasteiger partial charge in [-0.1, -0.05) is 38.8 Å². The average molecular weight is 440 g/mol. The van der Waals surface area contributed by atoms with Gasteiger partial charge in [-0.3, -0.25) is 10.3 Å². The lowest BCUT2D eigenvalue weighted by Crippen LogP contribution is -2.30. The predicted octanol–water partition coefficient (Wildman–Crippen LogP) is 4.11. The molecule has 3 rings (SSSR count). The van der Waals surface area contributed by atoms with Gasteiger partial charge in [-0.05, 0) is 54.5 Å². The van der Waals surface area contributed by atoms with E-state index >= 15 is 0 Å². The van der Waals surface area contributed by atoms with E-state index in [1.165, 1.54) is 0 Å². The van der Waals surface area contributed by atoms with Gasteiger partial charge in [0, 0.05) is 18.1 Å². The van der Waals surface area contributed by atoms with Gasteiger partial charge in [0.2, 0.25) is 5.96 Å². The van der Waals surface area contributed by atoms with E-state index in [1.54, 1.807) is 48.8 Å². The highest BCUT2D eigenvalue weighted by Crippen LogP contribution is 2.35. The van der Waals surface area contributed by atoms with Crippen LogP contribution in [0, 0.1) is 23.3 Å². The number of benzene rings is 1. The van der Waals surface area contributed by atoms with Crippen molar-refractivity contribution in [3.63, 3.8) is 0 Å². The van der Waals surface area contributed by atoms with Gasteiger partial charge in [0.1, 0.15) is 0 Å². The maximum absolute atomic E-state index is 13.1. The van der Waals surface area contributed by atoms with Gasteiger partial charge >= 0.3 is 0 Å². The summed E-state index contributed by atoms with van der Waals surface area (Å²) in [5, 5.41) is 14.2. The summed E-state index contributed by atoms with van der Waals surface area (Å²) in [6, 6.07) is 10.5. The van der Waals surface area contributed by atoms with Gasteiger partial charge in [0.05, 0.1) is 16.7 Å². The van der Waals surface area contributed by atoms with E-state index in [2.05, 4.69) is 34.5 Å². The summed E-state index contributed by atoms with van der Waals surface area (Å²) in [7, 11) is -3.34. The number of rotatable bonds is 6. The number of guanidine groups is 1. The molecule has 2 N–H and O–H groups in total. The van der Waals surface area contributed by atoms with Crippen molar-refractivity contribution in [1.82, 2.24) is 10.3 Å². The Bertz CT molecular complexity index is 1030. The molecule has 164 valence electrons. The van der Waals surface area contributed by atoms with E-state index in [-0.39, 0.29) is 5.25 Å². The molecule has 2 aromatic rings. The molecule has 2 unspecified atom stereocenters. The highest BCUT2D eigenvalue weighted by molar-refractivity contribution is 7.92. The van der Waals surface area contributed by atoms with Crippen LogP contribution in [0.15, 0.2) is 58.7 Å². The third-order valence-corrected chi connectivity index (χ3v) is 8.07. The minimum absolute atomic E-state index is 0.298. The van der Waals surface area contributed by atoms with Crippen LogP contribution in [0.4, 0.5) is 5.69 Å². The maximum Gasteiger partial charge on any atom is 0.209 e. The van der Waals surface area contributed by atoms with E-state index in [4.69, 9.17) is 5.26 Å². The van der Waals surface area contributed by atoms with Crippen LogP contribution < -0.4 is 10.6 Å². The number of hydrogen-bond donors (Lipinski definition) is 2. The van der Waals surface area contributed by atoms with Gasteiger partial charge in [-0.2, -0.15) is 5.26 Å². The number of pyridine rings is 1. The lowest BCUT2D eigenvalue weighted by molar-refractivity contribution is 0.280. The fourth-order valence-electron chi connectivity index (χ4n) is 3.95. The summed E-state index contributed by atoms with van der Waals surface area (Å²) in [5.41, 5.74) is 1.61. The van der Waals surface area contributed by atoms with Crippen molar-refractivity contribution >= 4 is 21.5 Å². The molecule has 1 aliphatic rings. The molecule has 0 saturated heterocycles. The summed E-state index contributed by atoms with van der Waals surface area (Å²) < 4.78 is 26.3. The van der Waals surface area contributed by atoms with Crippen molar-refractivity contribution in [2.75, 3.05) is 5.32 Å². The van der Waals surface area contributed by atoms with Crippen molar-refractivity contribution in [3.05, 3.63) is 54.4 Å². The maximum atomic E-state index is 13.1. The minimum atomic E-state index is -3.34. The third kappa shape index (κ3) is 6.05. The van der Waals surface area contributed by atoms with E-state index in [0.717, 1.165) is 36.9 Å². The lowest BCUT2D eigenvalue weighted by atomic mass is 9.81. The van der Waals surface area contributed by atoms with Crippen molar-refractivity contribution in [2.24, 2.45) is 16.8 Å². The van der Waals surface area contributed by atoms with Crippen LogP contribution in [0.1, 0.15) is 45.1 Å². The molecule has 7 nitrogen and oxygen atoms in total. The predicted molar refractivity (Wildman–Crippen MR) is 122 cm³/mol. The molecule has 1 aromatic carbocycles. The highest BCUT2D eigenvalue weighted by atomic mass is 32.2. The van der Waals surface area contributed by atoms with Crippen molar-refractivity contribution in [1.29, 1.82) is 5.26 Å². The number of nitrogens with one attached hydrogen (secondary N) is 2. The SMILES string of the molecule is CC(C)C1CCCC(S(=O)(=O)c2ccc(CN=C(NC#N)Nc3ccncc3)cc2)C1. The van der Waals surface area contributed by atoms with Crippen LogP contribution in [0.2, 0.25) is 0 Å². The van der Waals surface area contributed by atoms with E-state index in [9.17, 15) is 8.42 Å². The number of aromatic nitrogens is 1. The average Bonchev–Trinajstić information content (AvgIpc) is 2.78. The summed E-state index contributed by atoms with van der Waals surface area (Å²) in [6.07, 6.45) is 8.72. The van der Waals surface area contributed by atoms with Gasteiger partial charge in [-0.15, -0.1) is 0 Å². The first kappa shape index (κ1) is 22.8. The van der Waals surface area contributed by atoms with E-state index in [1.807, 2.05) is 6.19 Å². The Labute approximate surface area is 184 Å². The molecule has 1 saturated carbocycles. The van der Waals surface area contributed by atoms with Gasteiger partial charge in [-0.25, -0.2) is 13.4 Å². The fourth-order valence-corrected chi connectivity index (χ4v) is 5.83. The molecule has 8 heteroatoms. The first-order chi connectivity index (χ1) is 14.9. The Morgan fingerprint density at radius 3 is 2.55 bits per heavy atom. The van der Waals surface area contributed by atoms with Gasteiger partial charge < -0.3 is 5.32 Å². The van der Waals surface area contributed by atoms with Crippen LogP contribution in [0.5, 0.6) is 0 Å². The van der Waals surface area contributed by atoms with Crippen molar-refractivity contribution in [2.45, 2.75) is 56.2 Å². The first-order valence-corrected chi connectivity index (χ1v) is 12.1. The second kappa shape index (κ2) is 10.4. The molecule has 2 atom stereocenters. The zero-order chi connectivity index (χ0) is 22.3. The number of anilines is 1. The second-order valence-electron chi connectivity index (χ2n) is 8.24. The van der Waals surface area contributed by atoms with Crippen LogP contribution in [-0.4, -0.2) is 24.6 Å². The third-order valence-electron chi connectivity index (χ3n) is 5.84. The molecule has 0 bridgehead atoms. The first-order valence-electron chi connectivity index (χ1n) is 10.6. The Morgan fingerprint density at radius 2 is 1.90 bits per heavy atom. The highest BCUT2D eigenvalue weighted by Gasteiger charge is 2.33. The zero-order valence-electron chi connectivity index (χ0n) is 18.0. The molecule has 0 spiro atoms. The molecule has 1 aromatic heterocycles.